The highest BCUT2D eigenvalue weighted by atomic mass is 16.4. The maximum Gasteiger partial charge on any atom is 0.317 e. The number of hydrogen-bond donors (Lipinski definition) is 4. The maximum atomic E-state index is 10.5. The van der Waals surface area contributed by atoms with Crippen LogP contribution in [0.3, 0.4) is 0 Å². The minimum Gasteiger partial charge on any atom is -0.480 e. The molecule has 1 rings (SSSR count). The molecule has 94 valence electrons. The van der Waals surface area contributed by atoms with Gasteiger partial charge >= 0.3 is 5.97 Å². The van der Waals surface area contributed by atoms with Crippen molar-refractivity contribution >= 4 is 5.97 Å². The summed E-state index contributed by atoms with van der Waals surface area (Å²) in [7, 11) is 0. The number of aliphatic carboxylic acids is 1. The monoisotopic (exact) mass is 238 g/mol. The van der Waals surface area contributed by atoms with Crippen LogP contribution in [-0.2, 0) is 4.79 Å². The number of aliphatic hydroxyl groups excluding tert-OH is 1. The van der Waals surface area contributed by atoms with Crippen molar-refractivity contribution in [1.82, 2.24) is 10.6 Å². The number of hydrogen-bond acceptors (Lipinski definition) is 4. The fourth-order valence-electron chi connectivity index (χ4n) is 1.53. The number of benzene rings is 1. The van der Waals surface area contributed by atoms with E-state index >= 15 is 0 Å². The Morgan fingerprint density at radius 2 is 2.00 bits per heavy atom. The van der Waals surface area contributed by atoms with Crippen molar-refractivity contribution in [3.05, 3.63) is 35.9 Å². The van der Waals surface area contributed by atoms with E-state index in [1.807, 2.05) is 30.3 Å². The summed E-state index contributed by atoms with van der Waals surface area (Å²) in [6.07, 6.45) is 0. The van der Waals surface area contributed by atoms with Crippen LogP contribution in [-0.4, -0.2) is 42.4 Å². The van der Waals surface area contributed by atoms with Gasteiger partial charge in [-0.05, 0) is 5.56 Å². The minimum absolute atomic E-state index is 0.0699. The molecule has 5 nitrogen and oxygen atoms in total. The van der Waals surface area contributed by atoms with Crippen LogP contribution < -0.4 is 10.6 Å². The Hall–Kier alpha value is -1.43. The van der Waals surface area contributed by atoms with Gasteiger partial charge in [0.1, 0.15) is 0 Å². The maximum absolute atomic E-state index is 10.5. The molecule has 1 atom stereocenters. The Labute approximate surface area is 100 Å². The number of nitrogens with one attached hydrogen (secondary N) is 2. The summed E-state index contributed by atoms with van der Waals surface area (Å²) in [6, 6.07) is 9.56. The number of rotatable bonds is 8. The van der Waals surface area contributed by atoms with Crippen LogP contribution in [0, 0.1) is 0 Å². The molecular formula is C12H18N2O3. The third-order valence-corrected chi connectivity index (χ3v) is 2.34. The SMILES string of the molecule is O=C(O)CNC(CNCCO)c1ccccc1. The zero-order valence-corrected chi connectivity index (χ0v) is 9.60. The summed E-state index contributed by atoms with van der Waals surface area (Å²) >= 11 is 0. The zero-order valence-electron chi connectivity index (χ0n) is 9.60. The summed E-state index contributed by atoms with van der Waals surface area (Å²) < 4.78 is 0. The van der Waals surface area contributed by atoms with Crippen molar-refractivity contribution in [3.8, 4) is 0 Å². The Morgan fingerprint density at radius 3 is 2.59 bits per heavy atom. The second-order valence-corrected chi connectivity index (χ2v) is 3.67. The summed E-state index contributed by atoms with van der Waals surface area (Å²) in [4.78, 5) is 10.5. The topological polar surface area (TPSA) is 81.6 Å². The molecule has 0 radical (unpaired) electrons. The van der Waals surface area contributed by atoms with Crippen molar-refractivity contribution in [2.75, 3.05) is 26.2 Å². The van der Waals surface area contributed by atoms with Crippen LogP contribution >= 0.6 is 0 Å². The summed E-state index contributed by atoms with van der Waals surface area (Å²) in [5, 5.41) is 23.4. The number of aliphatic hydroxyl groups is 1. The first-order valence-corrected chi connectivity index (χ1v) is 5.55. The number of carbonyl (C=O) groups is 1. The molecule has 0 amide bonds. The van der Waals surface area contributed by atoms with E-state index in [2.05, 4.69) is 10.6 Å². The molecule has 1 aromatic carbocycles. The Kier molecular flexibility index (Phi) is 6.24. The molecule has 4 N–H and O–H groups in total. The molecule has 0 fully saturated rings. The summed E-state index contributed by atoms with van der Waals surface area (Å²) in [5.41, 5.74) is 1.03. The van der Waals surface area contributed by atoms with Crippen LogP contribution in [0.2, 0.25) is 0 Å². The highest BCUT2D eigenvalue weighted by Gasteiger charge is 2.11. The lowest BCUT2D eigenvalue weighted by molar-refractivity contribution is -0.136. The second-order valence-electron chi connectivity index (χ2n) is 3.67. The van der Waals surface area contributed by atoms with Gasteiger partial charge in [0, 0.05) is 19.1 Å². The van der Waals surface area contributed by atoms with Crippen LogP contribution in [0.15, 0.2) is 30.3 Å². The molecule has 17 heavy (non-hydrogen) atoms. The van der Waals surface area contributed by atoms with Gasteiger partial charge in [-0.3, -0.25) is 10.1 Å². The fraction of sp³-hybridized carbons (Fsp3) is 0.417. The summed E-state index contributed by atoms with van der Waals surface area (Å²) in [6.45, 7) is 1.07. The first kappa shape index (κ1) is 13.6. The molecule has 0 saturated heterocycles. The molecule has 1 aromatic rings. The Balaban J connectivity index is 2.55. The standard InChI is InChI=1S/C12H18N2O3/c15-7-6-13-8-11(14-9-12(16)17)10-4-2-1-3-5-10/h1-5,11,13-15H,6-9H2,(H,16,17). The van der Waals surface area contributed by atoms with E-state index in [1.165, 1.54) is 0 Å². The van der Waals surface area contributed by atoms with Gasteiger partial charge in [-0.25, -0.2) is 0 Å². The number of carboxylic acid groups (broad SMARTS) is 1. The molecular weight excluding hydrogens is 220 g/mol. The van der Waals surface area contributed by atoms with Crippen LogP contribution in [0.4, 0.5) is 0 Å². The average Bonchev–Trinajstić information content (AvgIpc) is 2.34. The molecule has 0 saturated carbocycles. The largest absolute Gasteiger partial charge is 0.480 e. The first-order valence-electron chi connectivity index (χ1n) is 5.55. The van der Waals surface area contributed by atoms with Gasteiger partial charge in [-0.2, -0.15) is 0 Å². The Bertz CT molecular complexity index is 330. The number of carboxylic acids is 1. The molecule has 0 bridgehead atoms. The average molecular weight is 238 g/mol. The van der Waals surface area contributed by atoms with Crippen molar-refractivity contribution in [2.24, 2.45) is 0 Å². The van der Waals surface area contributed by atoms with Crippen LogP contribution in [0.25, 0.3) is 0 Å². The van der Waals surface area contributed by atoms with Crippen molar-refractivity contribution in [3.63, 3.8) is 0 Å². The molecule has 0 aromatic heterocycles. The zero-order chi connectivity index (χ0) is 12.5. The molecule has 5 heteroatoms. The van der Waals surface area contributed by atoms with Gasteiger partial charge in [0.15, 0.2) is 0 Å². The van der Waals surface area contributed by atoms with E-state index in [0.717, 1.165) is 5.56 Å². The van der Waals surface area contributed by atoms with Crippen molar-refractivity contribution in [1.29, 1.82) is 0 Å². The smallest absolute Gasteiger partial charge is 0.317 e. The quantitative estimate of drug-likeness (QED) is 0.479. The van der Waals surface area contributed by atoms with Gasteiger partial charge in [-0.15, -0.1) is 0 Å². The van der Waals surface area contributed by atoms with Gasteiger partial charge in [0.05, 0.1) is 13.2 Å². The first-order chi connectivity index (χ1) is 8.24. The van der Waals surface area contributed by atoms with E-state index < -0.39 is 5.97 Å². The van der Waals surface area contributed by atoms with Gasteiger partial charge in [0.25, 0.3) is 0 Å². The lowest BCUT2D eigenvalue weighted by Crippen LogP contribution is -2.35. The lowest BCUT2D eigenvalue weighted by Gasteiger charge is -2.18. The fourth-order valence-corrected chi connectivity index (χ4v) is 1.53. The molecule has 0 aliphatic rings. The predicted octanol–water partition coefficient (Wildman–Crippen LogP) is -0.0162. The molecule has 0 aliphatic carbocycles. The van der Waals surface area contributed by atoms with Crippen molar-refractivity contribution < 1.29 is 15.0 Å². The minimum atomic E-state index is -0.881. The van der Waals surface area contributed by atoms with E-state index in [9.17, 15) is 4.79 Å². The Morgan fingerprint density at radius 1 is 1.29 bits per heavy atom. The highest BCUT2D eigenvalue weighted by Crippen LogP contribution is 2.10. The highest BCUT2D eigenvalue weighted by molar-refractivity contribution is 5.69. The third-order valence-electron chi connectivity index (χ3n) is 2.34. The van der Waals surface area contributed by atoms with E-state index in [0.29, 0.717) is 13.1 Å². The van der Waals surface area contributed by atoms with E-state index in [-0.39, 0.29) is 19.2 Å². The molecule has 0 heterocycles. The van der Waals surface area contributed by atoms with Gasteiger partial charge in [0.2, 0.25) is 0 Å². The summed E-state index contributed by atoms with van der Waals surface area (Å²) in [5.74, 6) is -0.881. The van der Waals surface area contributed by atoms with Gasteiger partial charge < -0.3 is 15.5 Å². The van der Waals surface area contributed by atoms with E-state index in [1.54, 1.807) is 0 Å². The lowest BCUT2D eigenvalue weighted by atomic mass is 10.1. The predicted molar refractivity (Wildman–Crippen MR) is 64.8 cm³/mol. The van der Waals surface area contributed by atoms with Gasteiger partial charge in [-0.1, -0.05) is 30.3 Å². The normalized spacial score (nSPS) is 12.3. The van der Waals surface area contributed by atoms with Crippen molar-refractivity contribution in [2.45, 2.75) is 6.04 Å². The second kappa shape index (κ2) is 7.78. The molecule has 0 spiro atoms. The van der Waals surface area contributed by atoms with E-state index in [4.69, 9.17) is 10.2 Å². The molecule has 1 unspecified atom stereocenters. The van der Waals surface area contributed by atoms with Crippen LogP contribution in [0.1, 0.15) is 11.6 Å². The van der Waals surface area contributed by atoms with Crippen LogP contribution in [0.5, 0.6) is 0 Å². The molecule has 0 aliphatic heterocycles. The third kappa shape index (κ3) is 5.44.